The number of nitrogens with zero attached hydrogens (tertiary/aromatic N) is 2. The summed E-state index contributed by atoms with van der Waals surface area (Å²) in [6.07, 6.45) is 2.88. The Labute approximate surface area is 191 Å². The van der Waals surface area contributed by atoms with Crippen LogP contribution in [0.2, 0.25) is 0 Å². The van der Waals surface area contributed by atoms with Gasteiger partial charge in [0.15, 0.2) is 5.13 Å². The Morgan fingerprint density at radius 2 is 2.12 bits per heavy atom. The van der Waals surface area contributed by atoms with Gasteiger partial charge in [0.05, 0.1) is 12.0 Å². The van der Waals surface area contributed by atoms with Gasteiger partial charge in [-0.25, -0.2) is 18.6 Å². The number of allylic oxidation sites excluding steroid dienone is 1. The molecule has 3 rings (SSSR count). The monoisotopic (exact) mass is 470 g/mol. The molecule has 7 nitrogen and oxygen atoms in total. The maximum atomic E-state index is 13.3. The van der Waals surface area contributed by atoms with Crippen LogP contribution in [0.4, 0.5) is 18.7 Å². The van der Waals surface area contributed by atoms with E-state index in [9.17, 15) is 13.6 Å². The van der Waals surface area contributed by atoms with Crippen LogP contribution in [0, 0.1) is 16.7 Å². The summed E-state index contributed by atoms with van der Waals surface area (Å²) >= 11 is 1.19. The minimum atomic E-state index is -2.75. The fraction of sp³-hybridized carbons (Fsp3) is 0.682. The molecule has 1 atom stereocenters. The molecule has 2 fully saturated rings. The first-order chi connectivity index (χ1) is 15.0. The average molecular weight is 471 g/mol. The number of aromatic nitrogens is 1. The summed E-state index contributed by atoms with van der Waals surface area (Å²) < 4.78 is 37.1. The lowest BCUT2D eigenvalue weighted by Gasteiger charge is -2.33. The number of anilines is 1. The van der Waals surface area contributed by atoms with Gasteiger partial charge in [0.25, 0.3) is 0 Å². The zero-order chi connectivity index (χ0) is 23.5. The second-order valence-corrected chi connectivity index (χ2v) is 9.98. The van der Waals surface area contributed by atoms with Crippen LogP contribution >= 0.6 is 11.3 Å². The molecule has 178 valence electrons. The number of thiazole rings is 1. The molecule has 2 aliphatic heterocycles. The topological polar surface area (TPSA) is 87.5 Å². The molecule has 0 aliphatic carbocycles. The van der Waals surface area contributed by atoms with Gasteiger partial charge in [-0.05, 0) is 49.5 Å². The fourth-order valence-electron chi connectivity index (χ4n) is 4.20. The fourth-order valence-corrected chi connectivity index (χ4v) is 5.24. The SMILES string of the molecule is C=C(c1sc(NC(=O)N2CCC3(CCOCC3)C2)nc1C(=N)OC)C(C)CCC(C)(F)F. The molecule has 32 heavy (non-hydrogen) atoms. The molecular formula is C22H32F2N4O3S. The molecule has 1 aromatic rings. The van der Waals surface area contributed by atoms with Crippen molar-refractivity contribution >= 4 is 34.0 Å². The third-order valence-electron chi connectivity index (χ3n) is 6.44. The van der Waals surface area contributed by atoms with Crippen LogP contribution in [0.1, 0.15) is 56.5 Å². The lowest BCUT2D eigenvalue weighted by Crippen LogP contribution is -2.37. The molecule has 2 amide bonds. The summed E-state index contributed by atoms with van der Waals surface area (Å²) in [4.78, 5) is 19.6. The smallest absolute Gasteiger partial charge is 0.323 e. The van der Waals surface area contributed by atoms with E-state index in [1.807, 2.05) is 6.92 Å². The van der Waals surface area contributed by atoms with Crippen molar-refractivity contribution in [3.05, 3.63) is 17.2 Å². The molecule has 0 aromatic carbocycles. The van der Waals surface area contributed by atoms with Crippen LogP contribution in [-0.4, -0.2) is 61.1 Å². The summed E-state index contributed by atoms with van der Waals surface area (Å²) in [7, 11) is 1.37. The van der Waals surface area contributed by atoms with Gasteiger partial charge in [-0.1, -0.05) is 24.8 Å². The Bertz CT molecular complexity index is 862. The summed E-state index contributed by atoms with van der Waals surface area (Å²) in [5.41, 5.74) is 1.000. The van der Waals surface area contributed by atoms with E-state index in [4.69, 9.17) is 14.9 Å². The van der Waals surface area contributed by atoms with Crippen molar-refractivity contribution in [2.75, 3.05) is 38.7 Å². The number of hydrogen-bond donors (Lipinski definition) is 2. The van der Waals surface area contributed by atoms with Crippen molar-refractivity contribution in [1.29, 1.82) is 5.41 Å². The molecule has 1 spiro atoms. The van der Waals surface area contributed by atoms with E-state index in [2.05, 4.69) is 16.9 Å². The van der Waals surface area contributed by atoms with Gasteiger partial charge in [0.1, 0.15) is 5.69 Å². The zero-order valence-electron chi connectivity index (χ0n) is 18.9. The summed E-state index contributed by atoms with van der Waals surface area (Å²) in [5, 5.41) is 11.3. The van der Waals surface area contributed by atoms with Crippen molar-refractivity contribution in [3.8, 4) is 0 Å². The molecule has 10 heteroatoms. The molecular weight excluding hydrogens is 438 g/mol. The van der Waals surface area contributed by atoms with E-state index >= 15 is 0 Å². The first kappa shape index (κ1) is 24.6. The molecule has 0 bridgehead atoms. The Kier molecular flexibility index (Phi) is 7.54. The van der Waals surface area contributed by atoms with Gasteiger partial charge in [-0.15, -0.1) is 0 Å². The lowest BCUT2D eigenvalue weighted by molar-refractivity contribution is 0.00894. The molecule has 0 saturated carbocycles. The molecule has 2 N–H and O–H groups in total. The summed E-state index contributed by atoms with van der Waals surface area (Å²) in [6, 6.07) is -0.228. The zero-order valence-corrected chi connectivity index (χ0v) is 19.7. The molecule has 1 aromatic heterocycles. The van der Waals surface area contributed by atoms with E-state index in [0.717, 1.165) is 39.4 Å². The Hall–Kier alpha value is -2.07. The minimum absolute atomic E-state index is 0.137. The molecule has 2 aliphatic rings. The third-order valence-corrected chi connectivity index (χ3v) is 7.49. The third kappa shape index (κ3) is 5.83. The number of ether oxygens (including phenoxy) is 2. The highest BCUT2D eigenvalue weighted by molar-refractivity contribution is 7.17. The molecule has 2 saturated heterocycles. The number of carbonyl (C=O) groups excluding carboxylic acids is 1. The first-order valence-electron chi connectivity index (χ1n) is 10.9. The number of halogens is 2. The number of carbonyl (C=O) groups is 1. The normalized spacial score (nSPS) is 19.1. The number of alkyl halides is 2. The number of urea groups is 1. The second kappa shape index (κ2) is 9.82. The van der Waals surface area contributed by atoms with Gasteiger partial charge >= 0.3 is 6.03 Å². The summed E-state index contributed by atoms with van der Waals surface area (Å²) in [5.74, 6) is -3.14. The Morgan fingerprint density at radius 3 is 2.75 bits per heavy atom. The van der Waals surface area contributed by atoms with Gasteiger partial charge in [0.2, 0.25) is 11.8 Å². The quantitative estimate of drug-likeness (QED) is 0.422. The van der Waals surface area contributed by atoms with E-state index in [-0.39, 0.29) is 41.8 Å². The first-order valence-corrected chi connectivity index (χ1v) is 11.7. The maximum Gasteiger partial charge on any atom is 0.323 e. The van der Waals surface area contributed by atoms with Crippen LogP contribution < -0.4 is 5.32 Å². The highest BCUT2D eigenvalue weighted by Crippen LogP contribution is 2.40. The van der Waals surface area contributed by atoms with E-state index in [1.165, 1.54) is 18.4 Å². The number of likely N-dealkylation sites (tertiary alicyclic amines) is 1. The van der Waals surface area contributed by atoms with Crippen molar-refractivity contribution in [2.24, 2.45) is 11.3 Å². The van der Waals surface area contributed by atoms with Crippen molar-refractivity contribution in [1.82, 2.24) is 9.88 Å². The van der Waals surface area contributed by atoms with Gasteiger partial charge < -0.3 is 14.4 Å². The van der Waals surface area contributed by atoms with Gasteiger partial charge in [0, 0.05) is 32.7 Å². The number of methoxy groups -OCH3 is 1. The van der Waals surface area contributed by atoms with Crippen LogP contribution in [0.5, 0.6) is 0 Å². The van der Waals surface area contributed by atoms with E-state index in [0.29, 0.717) is 28.7 Å². The van der Waals surface area contributed by atoms with Crippen LogP contribution in [0.15, 0.2) is 6.58 Å². The Morgan fingerprint density at radius 1 is 1.44 bits per heavy atom. The largest absolute Gasteiger partial charge is 0.480 e. The van der Waals surface area contributed by atoms with Crippen molar-refractivity contribution < 1.29 is 23.0 Å². The summed E-state index contributed by atoms with van der Waals surface area (Å²) in [6.45, 7) is 9.63. The number of amides is 2. The second-order valence-electron chi connectivity index (χ2n) is 8.98. The lowest BCUT2D eigenvalue weighted by atomic mass is 9.80. The van der Waals surface area contributed by atoms with Crippen LogP contribution in [-0.2, 0) is 9.47 Å². The highest BCUT2D eigenvalue weighted by atomic mass is 32.1. The van der Waals surface area contributed by atoms with Crippen molar-refractivity contribution in [2.45, 2.75) is 51.9 Å². The van der Waals surface area contributed by atoms with Crippen LogP contribution in [0.3, 0.4) is 0 Å². The van der Waals surface area contributed by atoms with Gasteiger partial charge in [-0.3, -0.25) is 10.7 Å². The van der Waals surface area contributed by atoms with Crippen molar-refractivity contribution in [3.63, 3.8) is 0 Å². The van der Waals surface area contributed by atoms with E-state index in [1.54, 1.807) is 4.90 Å². The minimum Gasteiger partial charge on any atom is -0.480 e. The number of nitrogens with one attached hydrogen (secondary N) is 2. The van der Waals surface area contributed by atoms with Crippen LogP contribution in [0.25, 0.3) is 5.57 Å². The standard InChI is InChI=1S/C22H32F2N4O3S/c1-14(5-6-21(3,23)24)15(2)17-16(18(25)30-4)26-19(32-17)27-20(29)28-10-7-22(13-28)8-11-31-12-9-22/h14,25H,2,5-13H2,1,3-4H3,(H,26,27,29). The molecule has 3 heterocycles. The molecule has 0 radical (unpaired) electrons. The van der Waals surface area contributed by atoms with E-state index < -0.39 is 5.92 Å². The molecule has 1 unspecified atom stereocenters. The maximum absolute atomic E-state index is 13.3. The van der Waals surface area contributed by atoms with Gasteiger partial charge in [-0.2, -0.15) is 0 Å². The average Bonchev–Trinajstić information content (AvgIpc) is 3.35. The highest BCUT2D eigenvalue weighted by Gasteiger charge is 2.41. The number of rotatable bonds is 7. The predicted octanol–water partition coefficient (Wildman–Crippen LogP) is 5.23. The number of hydrogen-bond acceptors (Lipinski definition) is 6. The Balaban J connectivity index is 1.71. The predicted molar refractivity (Wildman–Crippen MR) is 122 cm³/mol.